The summed E-state index contributed by atoms with van der Waals surface area (Å²) in [5, 5.41) is 0.644. The monoisotopic (exact) mass is 283 g/mol. The van der Waals surface area contributed by atoms with Crippen molar-refractivity contribution < 1.29 is 13.2 Å². The summed E-state index contributed by atoms with van der Waals surface area (Å²) < 4.78 is 38.1. The van der Waals surface area contributed by atoms with Gasteiger partial charge in [0.05, 0.1) is 11.2 Å². The molecule has 1 aromatic carbocycles. The van der Waals surface area contributed by atoms with Crippen LogP contribution in [0.1, 0.15) is 13.3 Å². The first-order valence-corrected chi connectivity index (χ1v) is 6.37. The number of benzene rings is 1. The van der Waals surface area contributed by atoms with E-state index < -0.39 is 12.7 Å². The predicted molar refractivity (Wildman–Crippen MR) is 74.7 cm³/mol. The number of nitrogens with zero attached hydrogens (tertiary/aromatic N) is 2. The van der Waals surface area contributed by atoms with Gasteiger partial charge < -0.3 is 10.6 Å². The van der Waals surface area contributed by atoms with Gasteiger partial charge in [0.25, 0.3) is 0 Å². The van der Waals surface area contributed by atoms with E-state index >= 15 is 0 Å². The molecule has 0 amide bonds. The Morgan fingerprint density at radius 3 is 2.65 bits per heavy atom. The van der Waals surface area contributed by atoms with Gasteiger partial charge in [-0.05, 0) is 18.6 Å². The van der Waals surface area contributed by atoms with Crippen molar-refractivity contribution in [2.45, 2.75) is 19.5 Å². The zero-order valence-electron chi connectivity index (χ0n) is 11.1. The number of hydrogen-bond donors (Lipinski definition) is 1. The van der Waals surface area contributed by atoms with Crippen molar-refractivity contribution in [2.75, 3.05) is 23.7 Å². The Hall–Kier alpha value is -1.98. The first-order valence-electron chi connectivity index (χ1n) is 6.37. The van der Waals surface area contributed by atoms with Crippen LogP contribution in [0.4, 0.5) is 24.5 Å². The van der Waals surface area contributed by atoms with Crippen LogP contribution in [0.5, 0.6) is 0 Å². The number of hydrogen-bond acceptors (Lipinski definition) is 3. The number of nitrogens with two attached hydrogens (primary N) is 1. The molecule has 108 valence electrons. The van der Waals surface area contributed by atoms with Gasteiger partial charge in [-0.1, -0.05) is 19.1 Å². The second-order valence-electron chi connectivity index (χ2n) is 4.61. The van der Waals surface area contributed by atoms with E-state index in [4.69, 9.17) is 5.73 Å². The molecule has 2 N–H and O–H groups in total. The molecule has 0 spiro atoms. The Balaban J connectivity index is 2.50. The van der Waals surface area contributed by atoms with E-state index in [-0.39, 0.29) is 0 Å². The molecule has 20 heavy (non-hydrogen) atoms. The summed E-state index contributed by atoms with van der Waals surface area (Å²) in [6, 6.07) is 6.75. The molecule has 0 unspecified atom stereocenters. The van der Waals surface area contributed by atoms with E-state index in [0.717, 1.165) is 0 Å². The summed E-state index contributed by atoms with van der Waals surface area (Å²) in [6.07, 6.45) is -2.12. The molecule has 0 radical (unpaired) electrons. The van der Waals surface area contributed by atoms with E-state index in [2.05, 4.69) is 4.98 Å². The summed E-state index contributed by atoms with van der Waals surface area (Å²) in [5.41, 5.74) is 7.34. The van der Waals surface area contributed by atoms with Gasteiger partial charge in [-0.25, -0.2) is 0 Å². The van der Waals surface area contributed by atoms with Crippen molar-refractivity contribution in [1.82, 2.24) is 4.98 Å². The standard InChI is InChI=1S/C14H16F3N3/c1-2-8-20(9-14(15,16)17)12-6-7-19-13-10(12)4-3-5-11(13)18/h3-7H,2,8-9,18H2,1H3. The molecule has 1 heterocycles. The van der Waals surface area contributed by atoms with Crippen LogP contribution in [0.2, 0.25) is 0 Å². The molecule has 6 heteroatoms. The van der Waals surface area contributed by atoms with Crippen LogP contribution in [0, 0.1) is 0 Å². The summed E-state index contributed by atoms with van der Waals surface area (Å²) in [4.78, 5) is 5.47. The third-order valence-electron chi connectivity index (χ3n) is 2.98. The van der Waals surface area contributed by atoms with Crippen LogP contribution in [0.25, 0.3) is 10.9 Å². The molecule has 0 saturated carbocycles. The zero-order valence-corrected chi connectivity index (χ0v) is 11.1. The number of nitrogen functional groups attached to an aromatic ring is 1. The largest absolute Gasteiger partial charge is 0.405 e. The Kier molecular flexibility index (Phi) is 4.01. The Morgan fingerprint density at radius 2 is 2.00 bits per heavy atom. The number of fused-ring (bicyclic) bond motifs is 1. The van der Waals surface area contributed by atoms with Gasteiger partial charge in [0, 0.05) is 23.8 Å². The highest BCUT2D eigenvalue weighted by Crippen LogP contribution is 2.30. The van der Waals surface area contributed by atoms with Gasteiger partial charge in [-0.2, -0.15) is 13.2 Å². The number of anilines is 2. The summed E-state index contributed by atoms with van der Waals surface area (Å²) in [6.45, 7) is 1.20. The summed E-state index contributed by atoms with van der Waals surface area (Å²) >= 11 is 0. The van der Waals surface area contributed by atoms with Gasteiger partial charge in [0.1, 0.15) is 6.54 Å². The van der Waals surface area contributed by atoms with Crippen molar-refractivity contribution in [2.24, 2.45) is 0 Å². The number of rotatable bonds is 4. The summed E-state index contributed by atoms with van der Waals surface area (Å²) in [7, 11) is 0. The van der Waals surface area contributed by atoms with Crippen LogP contribution < -0.4 is 10.6 Å². The lowest BCUT2D eigenvalue weighted by Gasteiger charge is -2.26. The molecule has 0 aliphatic rings. The fraction of sp³-hybridized carbons (Fsp3) is 0.357. The van der Waals surface area contributed by atoms with Crippen molar-refractivity contribution in [3.8, 4) is 0 Å². The van der Waals surface area contributed by atoms with Crippen LogP contribution in [-0.2, 0) is 0 Å². The lowest BCUT2D eigenvalue weighted by atomic mass is 10.1. The Morgan fingerprint density at radius 1 is 1.25 bits per heavy atom. The fourth-order valence-corrected chi connectivity index (χ4v) is 2.23. The second kappa shape index (κ2) is 5.56. The lowest BCUT2D eigenvalue weighted by Crippen LogP contribution is -2.35. The minimum atomic E-state index is -4.24. The normalized spacial score (nSPS) is 11.8. The molecule has 0 saturated heterocycles. The maximum Gasteiger partial charge on any atom is 0.405 e. The van der Waals surface area contributed by atoms with Crippen LogP contribution in [0.3, 0.4) is 0 Å². The third-order valence-corrected chi connectivity index (χ3v) is 2.98. The fourth-order valence-electron chi connectivity index (χ4n) is 2.23. The SMILES string of the molecule is CCCN(CC(F)(F)F)c1ccnc2c(N)cccc12. The van der Waals surface area contributed by atoms with Crippen molar-refractivity contribution >= 4 is 22.3 Å². The maximum atomic E-state index is 12.7. The minimum absolute atomic E-state index is 0.327. The molecule has 0 atom stereocenters. The van der Waals surface area contributed by atoms with Gasteiger partial charge in [0.2, 0.25) is 0 Å². The van der Waals surface area contributed by atoms with E-state index in [0.29, 0.717) is 35.2 Å². The number of alkyl halides is 3. The summed E-state index contributed by atoms with van der Waals surface area (Å²) in [5.74, 6) is 0. The molecule has 0 aliphatic carbocycles. The van der Waals surface area contributed by atoms with Crippen molar-refractivity contribution in [3.63, 3.8) is 0 Å². The molecule has 3 nitrogen and oxygen atoms in total. The average Bonchev–Trinajstić information content (AvgIpc) is 2.37. The quantitative estimate of drug-likeness (QED) is 0.872. The third kappa shape index (κ3) is 3.12. The molecule has 2 aromatic rings. The number of para-hydroxylation sites is 1. The molecular weight excluding hydrogens is 267 g/mol. The van der Waals surface area contributed by atoms with Crippen molar-refractivity contribution in [1.29, 1.82) is 0 Å². The lowest BCUT2D eigenvalue weighted by molar-refractivity contribution is -0.119. The van der Waals surface area contributed by atoms with Crippen LogP contribution >= 0.6 is 0 Å². The van der Waals surface area contributed by atoms with Crippen LogP contribution in [0.15, 0.2) is 30.5 Å². The molecule has 0 aliphatic heterocycles. The first-order chi connectivity index (χ1) is 9.42. The predicted octanol–water partition coefficient (Wildman–Crippen LogP) is 3.60. The molecule has 0 bridgehead atoms. The second-order valence-corrected chi connectivity index (χ2v) is 4.61. The highest BCUT2D eigenvalue weighted by atomic mass is 19.4. The van der Waals surface area contributed by atoms with E-state index in [1.807, 2.05) is 6.92 Å². The van der Waals surface area contributed by atoms with Crippen LogP contribution in [-0.4, -0.2) is 24.2 Å². The minimum Gasteiger partial charge on any atom is -0.397 e. The van der Waals surface area contributed by atoms with E-state index in [9.17, 15) is 13.2 Å². The van der Waals surface area contributed by atoms with E-state index in [1.165, 1.54) is 11.1 Å². The topological polar surface area (TPSA) is 42.2 Å². The van der Waals surface area contributed by atoms with Gasteiger partial charge in [-0.15, -0.1) is 0 Å². The van der Waals surface area contributed by atoms with Crippen molar-refractivity contribution in [3.05, 3.63) is 30.5 Å². The average molecular weight is 283 g/mol. The molecule has 2 rings (SSSR count). The Bertz CT molecular complexity index is 596. The highest BCUT2D eigenvalue weighted by molar-refractivity contribution is 5.98. The smallest absolute Gasteiger partial charge is 0.397 e. The maximum absolute atomic E-state index is 12.7. The Labute approximate surface area is 115 Å². The van der Waals surface area contributed by atoms with Gasteiger partial charge in [-0.3, -0.25) is 4.98 Å². The number of aromatic nitrogens is 1. The van der Waals surface area contributed by atoms with Gasteiger partial charge >= 0.3 is 6.18 Å². The number of pyridine rings is 1. The number of halogens is 3. The van der Waals surface area contributed by atoms with E-state index in [1.54, 1.807) is 24.3 Å². The highest BCUT2D eigenvalue weighted by Gasteiger charge is 2.31. The van der Waals surface area contributed by atoms with Gasteiger partial charge in [0.15, 0.2) is 0 Å². The molecular formula is C14H16F3N3. The molecule has 1 aromatic heterocycles. The molecule has 0 fully saturated rings. The zero-order chi connectivity index (χ0) is 14.8. The first kappa shape index (κ1) is 14.4.